The van der Waals surface area contributed by atoms with E-state index in [1.54, 1.807) is 6.07 Å². The normalized spacial score (nSPS) is 10.9. The molecule has 0 fully saturated rings. The van der Waals surface area contributed by atoms with E-state index in [1.165, 1.54) is 4.90 Å². The molecule has 0 aliphatic rings. The zero-order valence-electron chi connectivity index (χ0n) is 16.1. The predicted octanol–water partition coefficient (Wildman–Crippen LogP) is 4.49. The van der Waals surface area contributed by atoms with E-state index in [0.717, 1.165) is 11.1 Å². The Labute approximate surface area is 168 Å². The minimum atomic E-state index is -0.355. The molecular formula is C21H23N3O3S. The number of nitrogens with zero attached hydrogens (tertiary/aromatic N) is 2. The topological polar surface area (TPSA) is 77.2 Å². The molecule has 3 rings (SSSR count). The van der Waals surface area contributed by atoms with E-state index in [-0.39, 0.29) is 18.5 Å². The van der Waals surface area contributed by atoms with E-state index in [1.807, 2.05) is 49.0 Å². The number of amides is 1. The van der Waals surface area contributed by atoms with Crippen molar-refractivity contribution in [3.05, 3.63) is 65.5 Å². The molecule has 7 heteroatoms. The fraction of sp³-hybridized carbons (Fsp3) is 0.286. The van der Waals surface area contributed by atoms with Crippen LogP contribution in [0.25, 0.3) is 0 Å². The van der Waals surface area contributed by atoms with Crippen LogP contribution in [-0.2, 0) is 11.2 Å². The molecule has 28 heavy (non-hydrogen) atoms. The van der Waals surface area contributed by atoms with Crippen molar-refractivity contribution in [1.29, 1.82) is 0 Å². The second kappa shape index (κ2) is 9.41. The second-order valence-electron chi connectivity index (χ2n) is 6.64. The van der Waals surface area contributed by atoms with Crippen LogP contribution < -0.4 is 10.1 Å². The maximum absolute atomic E-state index is 12.0. The van der Waals surface area contributed by atoms with Gasteiger partial charge in [0, 0.05) is 10.1 Å². The first-order chi connectivity index (χ1) is 13.5. The molecular weight excluding hydrogens is 374 g/mol. The predicted molar refractivity (Wildman–Crippen MR) is 110 cm³/mol. The first kappa shape index (κ1) is 19.9. The number of anilines is 1. The molecule has 0 spiro atoms. The Bertz CT molecular complexity index is 923. The summed E-state index contributed by atoms with van der Waals surface area (Å²) in [5.74, 6) is 0.728. The highest BCUT2D eigenvalue weighted by atomic mass is 32.2. The lowest BCUT2D eigenvalue weighted by Gasteiger charge is -2.06. The van der Waals surface area contributed by atoms with Crippen LogP contribution >= 0.6 is 11.8 Å². The molecule has 1 amide bonds. The minimum Gasteiger partial charge on any atom is -0.484 e. The van der Waals surface area contributed by atoms with Crippen molar-refractivity contribution in [2.24, 2.45) is 0 Å². The van der Waals surface area contributed by atoms with E-state index in [4.69, 9.17) is 9.15 Å². The molecule has 2 aromatic carbocycles. The van der Waals surface area contributed by atoms with Crippen LogP contribution in [0.1, 0.15) is 30.9 Å². The second-order valence-corrected chi connectivity index (χ2v) is 8.29. The standard InChI is InChI=1S/C21H23N3O3S/c1-14(2)28-18-9-7-16(8-10-18)12-20-23-24-21(27-20)22-19(25)13-26-17-6-4-5-15(3)11-17/h4-11,14H,12-13H2,1-3H3,(H,22,24,25). The number of hydrogen-bond acceptors (Lipinski definition) is 6. The van der Waals surface area contributed by atoms with Crippen LogP contribution in [0.4, 0.5) is 6.01 Å². The summed E-state index contributed by atoms with van der Waals surface area (Å²) in [5, 5.41) is 11.0. The summed E-state index contributed by atoms with van der Waals surface area (Å²) in [6, 6.07) is 15.8. The van der Waals surface area contributed by atoms with Crippen LogP contribution in [0.2, 0.25) is 0 Å². The number of aryl methyl sites for hydroxylation is 1. The molecule has 1 heterocycles. The molecule has 1 N–H and O–H groups in total. The Kier molecular flexibility index (Phi) is 6.71. The van der Waals surface area contributed by atoms with Gasteiger partial charge in [-0.3, -0.25) is 10.1 Å². The number of carbonyl (C=O) groups excluding carboxylic acids is 1. The van der Waals surface area contributed by atoms with Gasteiger partial charge < -0.3 is 9.15 Å². The minimum absolute atomic E-state index is 0.0693. The average molecular weight is 398 g/mol. The number of thioether (sulfide) groups is 1. The van der Waals surface area contributed by atoms with Gasteiger partial charge in [-0.1, -0.05) is 43.2 Å². The van der Waals surface area contributed by atoms with Gasteiger partial charge in [0.25, 0.3) is 5.91 Å². The molecule has 0 unspecified atom stereocenters. The number of nitrogens with one attached hydrogen (secondary N) is 1. The molecule has 0 saturated heterocycles. The highest BCUT2D eigenvalue weighted by Crippen LogP contribution is 2.23. The average Bonchev–Trinajstić information content (AvgIpc) is 3.08. The first-order valence-electron chi connectivity index (χ1n) is 9.05. The number of ether oxygens (including phenoxy) is 1. The van der Waals surface area contributed by atoms with Gasteiger partial charge in [-0.05, 0) is 42.3 Å². The quantitative estimate of drug-likeness (QED) is 0.565. The van der Waals surface area contributed by atoms with E-state index in [0.29, 0.717) is 23.3 Å². The van der Waals surface area contributed by atoms with Gasteiger partial charge >= 0.3 is 6.01 Å². The summed E-state index contributed by atoms with van der Waals surface area (Å²) >= 11 is 1.82. The fourth-order valence-electron chi connectivity index (χ4n) is 2.52. The summed E-state index contributed by atoms with van der Waals surface area (Å²) in [6.07, 6.45) is 0.509. The van der Waals surface area contributed by atoms with E-state index < -0.39 is 0 Å². The maximum atomic E-state index is 12.0. The number of carbonyl (C=O) groups is 1. The molecule has 146 valence electrons. The molecule has 0 aliphatic heterocycles. The van der Waals surface area contributed by atoms with Crippen molar-refractivity contribution < 1.29 is 13.9 Å². The highest BCUT2D eigenvalue weighted by molar-refractivity contribution is 7.99. The van der Waals surface area contributed by atoms with Crippen LogP contribution in [0, 0.1) is 6.92 Å². The SMILES string of the molecule is Cc1cccc(OCC(=O)Nc2nnc(Cc3ccc(SC(C)C)cc3)o2)c1. The van der Waals surface area contributed by atoms with Crippen LogP contribution in [-0.4, -0.2) is 28.0 Å². The number of hydrogen-bond donors (Lipinski definition) is 1. The summed E-state index contributed by atoms with van der Waals surface area (Å²) in [4.78, 5) is 13.2. The third kappa shape index (κ3) is 6.13. The number of benzene rings is 2. The third-order valence-corrected chi connectivity index (χ3v) is 4.74. The zero-order valence-corrected chi connectivity index (χ0v) is 17.0. The summed E-state index contributed by atoms with van der Waals surface area (Å²) in [7, 11) is 0. The van der Waals surface area contributed by atoms with Gasteiger partial charge in [0.1, 0.15) is 5.75 Å². The van der Waals surface area contributed by atoms with E-state index in [2.05, 4.69) is 41.5 Å². The van der Waals surface area contributed by atoms with Crippen molar-refractivity contribution in [2.75, 3.05) is 11.9 Å². The Morgan fingerprint density at radius 2 is 1.96 bits per heavy atom. The van der Waals surface area contributed by atoms with Crippen LogP contribution in [0.15, 0.2) is 57.8 Å². The largest absolute Gasteiger partial charge is 0.484 e. The van der Waals surface area contributed by atoms with Gasteiger partial charge in [-0.2, -0.15) is 0 Å². The van der Waals surface area contributed by atoms with Gasteiger partial charge in [-0.25, -0.2) is 0 Å². The van der Waals surface area contributed by atoms with Crippen molar-refractivity contribution in [3.8, 4) is 5.75 Å². The van der Waals surface area contributed by atoms with Crippen LogP contribution in [0.3, 0.4) is 0 Å². The lowest BCUT2D eigenvalue weighted by molar-refractivity contribution is -0.118. The number of aromatic nitrogens is 2. The molecule has 1 aromatic heterocycles. The molecule has 0 atom stereocenters. The number of rotatable bonds is 8. The molecule has 0 radical (unpaired) electrons. The summed E-state index contributed by atoms with van der Waals surface area (Å²) < 4.78 is 11.0. The van der Waals surface area contributed by atoms with E-state index in [9.17, 15) is 4.79 Å². The maximum Gasteiger partial charge on any atom is 0.322 e. The lowest BCUT2D eigenvalue weighted by atomic mass is 10.1. The Balaban J connectivity index is 1.50. The van der Waals surface area contributed by atoms with Crippen molar-refractivity contribution in [1.82, 2.24) is 10.2 Å². The Morgan fingerprint density at radius 1 is 1.18 bits per heavy atom. The van der Waals surface area contributed by atoms with Crippen molar-refractivity contribution in [3.63, 3.8) is 0 Å². The molecule has 0 aliphatic carbocycles. The van der Waals surface area contributed by atoms with Gasteiger partial charge in [0.15, 0.2) is 6.61 Å². The van der Waals surface area contributed by atoms with Gasteiger partial charge in [0.05, 0.1) is 6.42 Å². The molecule has 0 saturated carbocycles. The zero-order chi connectivity index (χ0) is 19.9. The van der Waals surface area contributed by atoms with Crippen molar-refractivity contribution >= 4 is 23.7 Å². The fourth-order valence-corrected chi connectivity index (χ4v) is 3.36. The monoisotopic (exact) mass is 397 g/mol. The summed E-state index contributed by atoms with van der Waals surface area (Å²) in [6.45, 7) is 6.16. The first-order valence-corrected chi connectivity index (χ1v) is 9.93. The van der Waals surface area contributed by atoms with Crippen LogP contribution in [0.5, 0.6) is 5.75 Å². The van der Waals surface area contributed by atoms with E-state index >= 15 is 0 Å². The third-order valence-electron chi connectivity index (χ3n) is 3.72. The Hall–Kier alpha value is -2.80. The summed E-state index contributed by atoms with van der Waals surface area (Å²) in [5.41, 5.74) is 2.13. The molecule has 6 nitrogen and oxygen atoms in total. The Morgan fingerprint density at radius 3 is 2.68 bits per heavy atom. The van der Waals surface area contributed by atoms with Gasteiger partial charge in [-0.15, -0.1) is 16.9 Å². The molecule has 3 aromatic rings. The highest BCUT2D eigenvalue weighted by Gasteiger charge is 2.11. The van der Waals surface area contributed by atoms with Gasteiger partial charge in [0.2, 0.25) is 5.89 Å². The smallest absolute Gasteiger partial charge is 0.322 e. The molecule has 0 bridgehead atoms. The lowest BCUT2D eigenvalue weighted by Crippen LogP contribution is -2.20. The van der Waals surface area contributed by atoms with Crippen molar-refractivity contribution in [2.45, 2.75) is 37.3 Å².